The van der Waals surface area contributed by atoms with Crippen LogP contribution in [0.2, 0.25) is 0 Å². The van der Waals surface area contributed by atoms with Gasteiger partial charge >= 0.3 is 0 Å². The van der Waals surface area contributed by atoms with Gasteiger partial charge in [0.25, 0.3) is 0 Å². The molecule has 0 fully saturated rings. The summed E-state index contributed by atoms with van der Waals surface area (Å²) in [6.45, 7) is 0. The Labute approximate surface area is 61.8 Å². The molecule has 0 saturated heterocycles. The fourth-order valence-corrected chi connectivity index (χ4v) is 0.862. The number of anilines is 1. The Hall–Kier alpha value is -1.30. The van der Waals surface area contributed by atoms with Gasteiger partial charge in [-0.25, -0.2) is 10.4 Å². The number of nitrogens with one attached hydrogen (secondary N) is 1. The van der Waals surface area contributed by atoms with Crippen molar-refractivity contribution in [3.05, 3.63) is 11.6 Å². The van der Waals surface area contributed by atoms with Crippen LogP contribution in [0.3, 0.4) is 0 Å². The minimum absolute atomic E-state index is 0.00444. The molecule has 0 bridgehead atoms. The molecule has 1 aromatic heterocycles. The number of hydrogen-bond donors (Lipinski definition) is 3. The molecule has 10 heavy (non-hydrogen) atoms. The van der Waals surface area contributed by atoms with Gasteiger partial charge in [0.05, 0.1) is 0 Å². The van der Waals surface area contributed by atoms with Gasteiger partial charge in [0.2, 0.25) is 11.1 Å². The van der Waals surface area contributed by atoms with Crippen LogP contribution in [-0.2, 0) is 0 Å². The highest BCUT2D eigenvalue weighted by atomic mass is 32.1. The van der Waals surface area contributed by atoms with Crippen molar-refractivity contribution in [2.24, 2.45) is 16.6 Å². The Kier molecular flexibility index (Phi) is 2.06. The second-order valence-electron chi connectivity index (χ2n) is 1.49. The van der Waals surface area contributed by atoms with Crippen molar-refractivity contribution < 1.29 is 0 Å². The molecule has 5 N–H and O–H groups in total. The average Bonchev–Trinajstić information content (AvgIpc) is 2.34. The van der Waals surface area contributed by atoms with Crippen molar-refractivity contribution in [1.29, 1.82) is 0 Å². The van der Waals surface area contributed by atoms with E-state index in [2.05, 4.69) is 15.5 Å². The summed E-state index contributed by atoms with van der Waals surface area (Å²) in [5.41, 5.74) is 12.7. The monoisotopic (exact) mass is 157 g/mol. The Bertz CT molecular complexity index is 212. The summed E-state index contributed by atoms with van der Waals surface area (Å²) in [6, 6.07) is 0. The number of hydrazone groups is 1. The summed E-state index contributed by atoms with van der Waals surface area (Å²) in [4.78, 5) is 3.88. The standard InChI is InChI=1S/C4H7N5S/c5-3(6)8-9-4-7-1-2-10-4/h1-2H,(H,7,9)(H4,5,6,8). The van der Waals surface area contributed by atoms with Crippen molar-refractivity contribution in [1.82, 2.24) is 4.98 Å². The zero-order valence-corrected chi connectivity index (χ0v) is 5.93. The summed E-state index contributed by atoms with van der Waals surface area (Å²) < 4.78 is 0. The Balaban J connectivity index is 2.49. The normalized spacial score (nSPS) is 8.80. The first-order valence-corrected chi connectivity index (χ1v) is 3.41. The molecule has 1 aromatic rings. The van der Waals surface area contributed by atoms with E-state index in [-0.39, 0.29) is 5.96 Å². The largest absolute Gasteiger partial charge is 0.369 e. The zero-order chi connectivity index (χ0) is 7.40. The highest BCUT2D eigenvalue weighted by Crippen LogP contribution is 2.09. The minimum Gasteiger partial charge on any atom is -0.369 e. The molecule has 0 aliphatic heterocycles. The van der Waals surface area contributed by atoms with Crippen molar-refractivity contribution in [3.63, 3.8) is 0 Å². The SMILES string of the molecule is NC(N)=NNc1nccs1. The molecule has 1 rings (SSSR count). The van der Waals surface area contributed by atoms with Crippen molar-refractivity contribution in [2.45, 2.75) is 0 Å². The summed E-state index contributed by atoms with van der Waals surface area (Å²) in [7, 11) is 0. The van der Waals surface area contributed by atoms with Gasteiger partial charge in [0.15, 0.2) is 0 Å². The number of nitrogens with two attached hydrogens (primary N) is 2. The van der Waals surface area contributed by atoms with Crippen LogP contribution in [-0.4, -0.2) is 10.9 Å². The molecule has 0 aliphatic carbocycles. The number of nitrogens with zero attached hydrogens (tertiary/aromatic N) is 2. The van der Waals surface area contributed by atoms with Crippen LogP contribution in [0.4, 0.5) is 5.13 Å². The minimum atomic E-state index is -0.00444. The van der Waals surface area contributed by atoms with Crippen LogP contribution >= 0.6 is 11.3 Å². The van der Waals surface area contributed by atoms with Crippen LogP contribution < -0.4 is 16.9 Å². The molecule has 0 aromatic carbocycles. The van der Waals surface area contributed by atoms with E-state index in [1.165, 1.54) is 11.3 Å². The van der Waals surface area contributed by atoms with Gasteiger partial charge in [-0.2, -0.15) is 0 Å². The number of guanidine groups is 1. The number of thiazole rings is 1. The molecular formula is C4H7N5S. The zero-order valence-electron chi connectivity index (χ0n) is 5.11. The molecule has 0 spiro atoms. The second kappa shape index (κ2) is 3.02. The lowest BCUT2D eigenvalue weighted by Crippen LogP contribution is -2.23. The maximum atomic E-state index is 5.05. The van der Waals surface area contributed by atoms with Gasteiger partial charge < -0.3 is 11.5 Å². The lowest BCUT2D eigenvalue weighted by atomic mass is 11.0. The molecule has 0 radical (unpaired) electrons. The summed E-state index contributed by atoms with van der Waals surface area (Å²) >= 11 is 1.42. The molecule has 0 amide bonds. The molecule has 6 heteroatoms. The maximum absolute atomic E-state index is 5.05. The Morgan fingerprint density at radius 3 is 3.00 bits per heavy atom. The molecule has 0 atom stereocenters. The molecule has 0 aliphatic rings. The second-order valence-corrected chi connectivity index (χ2v) is 2.38. The number of hydrogen-bond acceptors (Lipinski definition) is 4. The first-order chi connectivity index (χ1) is 4.79. The molecule has 54 valence electrons. The van der Waals surface area contributed by atoms with Crippen molar-refractivity contribution >= 4 is 22.4 Å². The lowest BCUT2D eigenvalue weighted by molar-refractivity contribution is 1.25. The van der Waals surface area contributed by atoms with E-state index >= 15 is 0 Å². The van der Waals surface area contributed by atoms with E-state index in [1.54, 1.807) is 6.20 Å². The molecule has 0 unspecified atom stereocenters. The van der Waals surface area contributed by atoms with Gasteiger partial charge in [-0.05, 0) is 0 Å². The van der Waals surface area contributed by atoms with Gasteiger partial charge in [0, 0.05) is 11.6 Å². The summed E-state index contributed by atoms with van der Waals surface area (Å²) in [5.74, 6) is -0.00444. The summed E-state index contributed by atoms with van der Waals surface area (Å²) in [6.07, 6.45) is 1.66. The first kappa shape index (κ1) is 6.81. The molecule has 1 heterocycles. The van der Waals surface area contributed by atoms with Crippen molar-refractivity contribution in [3.8, 4) is 0 Å². The van der Waals surface area contributed by atoms with Gasteiger partial charge in [-0.15, -0.1) is 16.4 Å². The van der Waals surface area contributed by atoms with E-state index in [0.717, 1.165) is 0 Å². The third-order valence-corrected chi connectivity index (χ3v) is 1.39. The lowest BCUT2D eigenvalue weighted by Gasteiger charge is -1.91. The van der Waals surface area contributed by atoms with Crippen LogP contribution in [0.25, 0.3) is 0 Å². The third kappa shape index (κ3) is 1.90. The number of rotatable bonds is 2. The Morgan fingerprint density at radius 2 is 2.50 bits per heavy atom. The van der Waals surface area contributed by atoms with Crippen LogP contribution in [0.1, 0.15) is 0 Å². The quantitative estimate of drug-likeness (QED) is 0.313. The predicted molar refractivity (Wildman–Crippen MR) is 41.5 cm³/mol. The molecule has 0 saturated carbocycles. The van der Waals surface area contributed by atoms with E-state index in [0.29, 0.717) is 5.13 Å². The first-order valence-electron chi connectivity index (χ1n) is 2.53. The Morgan fingerprint density at radius 1 is 1.70 bits per heavy atom. The van der Waals surface area contributed by atoms with Crippen LogP contribution in [0, 0.1) is 0 Å². The van der Waals surface area contributed by atoms with Crippen molar-refractivity contribution in [2.75, 3.05) is 5.43 Å². The van der Waals surface area contributed by atoms with E-state index < -0.39 is 0 Å². The smallest absolute Gasteiger partial charge is 0.208 e. The van der Waals surface area contributed by atoms with E-state index in [9.17, 15) is 0 Å². The average molecular weight is 157 g/mol. The predicted octanol–water partition coefficient (Wildman–Crippen LogP) is -0.257. The molecule has 5 nitrogen and oxygen atoms in total. The fourth-order valence-electron chi connectivity index (χ4n) is 0.391. The van der Waals surface area contributed by atoms with Crippen LogP contribution in [0.15, 0.2) is 16.7 Å². The number of aromatic nitrogens is 1. The summed E-state index contributed by atoms with van der Waals surface area (Å²) in [5, 5.41) is 6.04. The van der Waals surface area contributed by atoms with Gasteiger partial charge in [-0.1, -0.05) is 0 Å². The highest BCUT2D eigenvalue weighted by Gasteiger charge is 1.88. The highest BCUT2D eigenvalue weighted by molar-refractivity contribution is 7.13. The van der Waals surface area contributed by atoms with Crippen LogP contribution in [0.5, 0.6) is 0 Å². The third-order valence-electron chi connectivity index (χ3n) is 0.713. The maximum Gasteiger partial charge on any atom is 0.208 e. The van der Waals surface area contributed by atoms with E-state index in [4.69, 9.17) is 11.5 Å². The van der Waals surface area contributed by atoms with E-state index in [1.807, 2.05) is 5.38 Å². The topological polar surface area (TPSA) is 89.3 Å². The molecular weight excluding hydrogens is 150 g/mol. The fraction of sp³-hybridized carbons (Fsp3) is 0. The van der Waals surface area contributed by atoms with Gasteiger partial charge in [-0.3, -0.25) is 0 Å². The van der Waals surface area contributed by atoms with Gasteiger partial charge in [0.1, 0.15) is 0 Å².